The Hall–Kier alpha value is -4.65. The first-order chi connectivity index (χ1) is 15.0. The third-order valence-corrected chi connectivity index (χ3v) is 4.74. The number of hydrogen-bond acceptors (Lipinski definition) is 7. The summed E-state index contributed by atoms with van der Waals surface area (Å²) in [5.41, 5.74) is 1.18. The van der Waals surface area contributed by atoms with Gasteiger partial charge < -0.3 is 4.57 Å². The number of nitriles is 1. The average molecular weight is 413 g/mol. The van der Waals surface area contributed by atoms with Crippen molar-refractivity contribution >= 4 is 11.5 Å². The number of carbonyl (C=O) groups is 1. The smallest absolute Gasteiger partial charge is 0.271 e. The number of nitro benzene ring substituents is 1. The van der Waals surface area contributed by atoms with Gasteiger partial charge in [0.2, 0.25) is 5.78 Å². The van der Waals surface area contributed by atoms with E-state index in [0.29, 0.717) is 11.5 Å². The van der Waals surface area contributed by atoms with E-state index in [1.54, 1.807) is 17.7 Å². The SMILES string of the molecule is Cn1c(-c2ccccc2)nnc1C(C#N)C(=O)c1ccn(-c2cccc([N+](=O)[O-])c2)n1. The van der Waals surface area contributed by atoms with Gasteiger partial charge in [-0.05, 0) is 12.1 Å². The molecular formula is C21H15N7O3. The highest BCUT2D eigenvalue weighted by molar-refractivity contribution is 6.00. The Kier molecular flexibility index (Phi) is 5.07. The van der Waals surface area contributed by atoms with E-state index in [9.17, 15) is 20.2 Å². The molecule has 10 heteroatoms. The number of carbonyl (C=O) groups excluding carboxylic acids is 1. The zero-order valence-corrected chi connectivity index (χ0v) is 16.3. The summed E-state index contributed by atoms with van der Waals surface area (Å²) in [4.78, 5) is 23.5. The molecule has 2 aromatic heterocycles. The fourth-order valence-corrected chi connectivity index (χ4v) is 3.16. The molecule has 0 amide bonds. The monoisotopic (exact) mass is 413 g/mol. The molecular weight excluding hydrogens is 398 g/mol. The van der Waals surface area contributed by atoms with Crippen molar-refractivity contribution < 1.29 is 9.72 Å². The predicted octanol–water partition coefficient (Wildman–Crippen LogP) is 3.07. The van der Waals surface area contributed by atoms with Gasteiger partial charge >= 0.3 is 0 Å². The standard InChI is InChI=1S/C21H15N7O3/c1-26-20(14-6-3-2-4-7-14)23-24-21(26)17(13-22)19(29)18-10-11-27(25-18)15-8-5-9-16(12-15)28(30)31/h2-12,17H,1H3. The number of Topliss-reactive ketones (excluding diaryl/α,β-unsaturated/α-hetero) is 1. The van der Waals surface area contributed by atoms with Crippen LogP contribution in [0.3, 0.4) is 0 Å². The predicted molar refractivity (Wildman–Crippen MR) is 109 cm³/mol. The van der Waals surface area contributed by atoms with E-state index in [1.807, 2.05) is 36.4 Å². The molecule has 0 fully saturated rings. The summed E-state index contributed by atoms with van der Waals surface area (Å²) < 4.78 is 2.96. The molecule has 152 valence electrons. The topological polar surface area (TPSA) is 133 Å². The maximum Gasteiger partial charge on any atom is 0.271 e. The van der Waals surface area contributed by atoms with Crippen LogP contribution in [-0.2, 0) is 7.05 Å². The number of rotatable bonds is 6. The Morgan fingerprint density at radius 2 is 1.90 bits per heavy atom. The van der Waals surface area contributed by atoms with Crippen LogP contribution in [0.2, 0.25) is 0 Å². The lowest BCUT2D eigenvalue weighted by Crippen LogP contribution is -2.16. The third kappa shape index (κ3) is 3.67. The minimum absolute atomic E-state index is 0.0438. The highest BCUT2D eigenvalue weighted by Gasteiger charge is 2.29. The van der Waals surface area contributed by atoms with Crippen molar-refractivity contribution in [1.29, 1.82) is 5.26 Å². The van der Waals surface area contributed by atoms with Crippen molar-refractivity contribution in [2.75, 3.05) is 0 Å². The van der Waals surface area contributed by atoms with Gasteiger partial charge in [0.15, 0.2) is 17.6 Å². The summed E-state index contributed by atoms with van der Waals surface area (Å²) in [5.74, 6) is -1.01. The van der Waals surface area contributed by atoms with Gasteiger partial charge in [-0.15, -0.1) is 10.2 Å². The Bertz CT molecular complexity index is 1320. The van der Waals surface area contributed by atoms with Crippen LogP contribution in [0.25, 0.3) is 17.1 Å². The van der Waals surface area contributed by atoms with Crippen LogP contribution >= 0.6 is 0 Å². The number of ketones is 1. The van der Waals surface area contributed by atoms with Crippen molar-refractivity contribution in [2.24, 2.45) is 7.05 Å². The molecule has 0 saturated carbocycles. The van der Waals surface area contributed by atoms with Crippen LogP contribution in [0.5, 0.6) is 0 Å². The van der Waals surface area contributed by atoms with Gasteiger partial charge in [0.1, 0.15) is 5.69 Å². The first-order valence-electron chi connectivity index (χ1n) is 9.18. The van der Waals surface area contributed by atoms with E-state index in [4.69, 9.17) is 0 Å². The summed E-state index contributed by atoms with van der Waals surface area (Å²) in [6, 6.07) is 18.6. The van der Waals surface area contributed by atoms with E-state index in [1.165, 1.54) is 35.1 Å². The second kappa shape index (κ2) is 8.00. The number of nitro groups is 1. The van der Waals surface area contributed by atoms with E-state index < -0.39 is 16.6 Å². The minimum Gasteiger partial charge on any atom is -0.313 e. The Morgan fingerprint density at radius 3 is 2.61 bits per heavy atom. The van der Waals surface area contributed by atoms with Gasteiger partial charge in [-0.25, -0.2) is 4.68 Å². The second-order valence-corrected chi connectivity index (χ2v) is 6.66. The summed E-state index contributed by atoms with van der Waals surface area (Å²) in [7, 11) is 1.69. The van der Waals surface area contributed by atoms with Gasteiger partial charge in [-0.1, -0.05) is 36.4 Å². The van der Waals surface area contributed by atoms with Crippen LogP contribution < -0.4 is 0 Å². The van der Waals surface area contributed by atoms with E-state index >= 15 is 0 Å². The summed E-state index contributed by atoms with van der Waals surface area (Å²) in [6.45, 7) is 0. The molecule has 1 unspecified atom stereocenters. The van der Waals surface area contributed by atoms with E-state index in [0.717, 1.165) is 5.56 Å². The molecule has 0 aliphatic rings. The highest BCUT2D eigenvalue weighted by Crippen LogP contribution is 2.24. The van der Waals surface area contributed by atoms with Gasteiger partial charge in [-0.2, -0.15) is 10.4 Å². The summed E-state index contributed by atoms with van der Waals surface area (Å²) in [6.07, 6.45) is 1.51. The van der Waals surface area contributed by atoms with Gasteiger partial charge in [-0.3, -0.25) is 14.9 Å². The number of non-ortho nitro benzene ring substituents is 1. The van der Waals surface area contributed by atoms with Crippen LogP contribution in [0.1, 0.15) is 22.2 Å². The number of nitrogens with zero attached hydrogens (tertiary/aromatic N) is 7. The lowest BCUT2D eigenvalue weighted by molar-refractivity contribution is -0.384. The van der Waals surface area contributed by atoms with Crippen LogP contribution in [0, 0.1) is 21.4 Å². The van der Waals surface area contributed by atoms with E-state index in [-0.39, 0.29) is 17.2 Å². The molecule has 31 heavy (non-hydrogen) atoms. The number of benzene rings is 2. The molecule has 10 nitrogen and oxygen atoms in total. The number of aromatic nitrogens is 5. The van der Waals surface area contributed by atoms with Gasteiger partial charge in [0.25, 0.3) is 5.69 Å². The Balaban J connectivity index is 1.64. The molecule has 0 saturated heterocycles. The quantitative estimate of drug-likeness (QED) is 0.269. The van der Waals surface area contributed by atoms with Crippen molar-refractivity contribution in [3.63, 3.8) is 0 Å². The molecule has 0 bridgehead atoms. The first-order valence-corrected chi connectivity index (χ1v) is 9.18. The fraction of sp³-hybridized carbons (Fsp3) is 0.0952. The van der Waals surface area contributed by atoms with Crippen molar-refractivity contribution in [1.82, 2.24) is 24.5 Å². The molecule has 0 spiro atoms. The van der Waals surface area contributed by atoms with Crippen molar-refractivity contribution in [3.8, 4) is 23.1 Å². The minimum atomic E-state index is -1.21. The maximum absolute atomic E-state index is 13.0. The normalized spacial score (nSPS) is 11.6. The highest BCUT2D eigenvalue weighted by atomic mass is 16.6. The zero-order valence-electron chi connectivity index (χ0n) is 16.3. The molecule has 0 N–H and O–H groups in total. The molecule has 1 atom stereocenters. The Morgan fingerprint density at radius 1 is 1.13 bits per heavy atom. The van der Waals surface area contributed by atoms with Crippen molar-refractivity contribution in [2.45, 2.75) is 5.92 Å². The molecule has 0 aliphatic heterocycles. The number of hydrogen-bond donors (Lipinski definition) is 0. The molecule has 4 rings (SSSR count). The molecule has 2 aromatic carbocycles. The lowest BCUT2D eigenvalue weighted by Gasteiger charge is -2.07. The molecule has 0 aliphatic carbocycles. The van der Waals surface area contributed by atoms with Crippen molar-refractivity contribution in [3.05, 3.63) is 88.5 Å². The maximum atomic E-state index is 13.0. The first kappa shape index (κ1) is 19.7. The van der Waals surface area contributed by atoms with Crippen LogP contribution in [0.4, 0.5) is 5.69 Å². The second-order valence-electron chi connectivity index (χ2n) is 6.66. The van der Waals surface area contributed by atoms with Crippen LogP contribution in [-0.4, -0.2) is 35.3 Å². The molecule has 0 radical (unpaired) electrons. The van der Waals surface area contributed by atoms with Gasteiger partial charge in [0, 0.05) is 30.9 Å². The van der Waals surface area contributed by atoms with E-state index in [2.05, 4.69) is 15.3 Å². The summed E-state index contributed by atoms with van der Waals surface area (Å²) in [5, 5.41) is 33.1. The zero-order chi connectivity index (χ0) is 22.0. The lowest BCUT2D eigenvalue weighted by atomic mass is 10.0. The Labute approximate surface area is 176 Å². The average Bonchev–Trinajstić information content (AvgIpc) is 3.43. The molecule has 2 heterocycles. The van der Waals surface area contributed by atoms with Gasteiger partial charge in [0.05, 0.1) is 16.7 Å². The fourth-order valence-electron chi connectivity index (χ4n) is 3.16. The largest absolute Gasteiger partial charge is 0.313 e. The third-order valence-electron chi connectivity index (χ3n) is 4.74. The summed E-state index contributed by atoms with van der Waals surface area (Å²) >= 11 is 0. The molecule has 4 aromatic rings. The van der Waals surface area contributed by atoms with Crippen LogP contribution in [0.15, 0.2) is 66.9 Å².